The summed E-state index contributed by atoms with van der Waals surface area (Å²) in [6, 6.07) is 6.76. The molecule has 1 aromatic carbocycles. The molecule has 5 heteroatoms. The number of fused-ring (bicyclic) bond motifs is 1. The number of rotatable bonds is 4. The molecule has 0 aliphatic carbocycles. The predicted molar refractivity (Wildman–Crippen MR) is 79.6 cm³/mol. The number of hydrogen-bond acceptors (Lipinski definition) is 4. The third kappa shape index (κ3) is 2.49. The van der Waals surface area contributed by atoms with Crippen molar-refractivity contribution in [2.45, 2.75) is 32.7 Å². The van der Waals surface area contributed by atoms with E-state index >= 15 is 0 Å². The molecule has 0 aliphatic heterocycles. The largest absolute Gasteiger partial charge is 0.327 e. The van der Waals surface area contributed by atoms with E-state index in [1.54, 1.807) is 30.5 Å². The van der Waals surface area contributed by atoms with Crippen LogP contribution in [0.25, 0.3) is 10.9 Å². The van der Waals surface area contributed by atoms with Crippen LogP contribution in [0.5, 0.6) is 0 Å². The van der Waals surface area contributed by atoms with Crippen molar-refractivity contribution in [1.29, 1.82) is 0 Å². The molecule has 0 saturated heterocycles. The van der Waals surface area contributed by atoms with E-state index in [0.29, 0.717) is 16.8 Å². The molecular weight excluding hydrogens is 254 g/mol. The van der Waals surface area contributed by atoms with Gasteiger partial charge in [0.1, 0.15) is 0 Å². The third-order valence-electron chi connectivity index (χ3n) is 3.62. The Morgan fingerprint density at radius 3 is 2.50 bits per heavy atom. The molecule has 0 radical (unpaired) electrons. The molecule has 1 aromatic heterocycles. The maximum atomic E-state index is 11.1. The zero-order valence-electron chi connectivity index (χ0n) is 11.9. The number of benzene rings is 1. The van der Waals surface area contributed by atoms with Gasteiger partial charge in [-0.05, 0) is 36.6 Å². The minimum Gasteiger partial charge on any atom is -0.327 e. The van der Waals surface area contributed by atoms with E-state index in [1.165, 1.54) is 0 Å². The number of nitro benzene ring substituents is 1. The van der Waals surface area contributed by atoms with Crippen LogP contribution >= 0.6 is 0 Å². The Balaban J connectivity index is 2.73. The lowest BCUT2D eigenvalue weighted by atomic mass is 9.82. The zero-order valence-corrected chi connectivity index (χ0v) is 11.9. The smallest absolute Gasteiger partial charge is 0.278 e. The van der Waals surface area contributed by atoms with Crippen molar-refractivity contribution >= 4 is 16.6 Å². The van der Waals surface area contributed by atoms with Gasteiger partial charge < -0.3 is 5.73 Å². The van der Waals surface area contributed by atoms with Crippen molar-refractivity contribution in [2.75, 3.05) is 0 Å². The highest BCUT2D eigenvalue weighted by molar-refractivity contribution is 5.90. The number of nitrogens with zero attached hydrogens (tertiary/aromatic N) is 2. The van der Waals surface area contributed by atoms with Crippen LogP contribution in [-0.4, -0.2) is 15.9 Å². The highest BCUT2D eigenvalue weighted by Crippen LogP contribution is 2.35. The van der Waals surface area contributed by atoms with Crippen LogP contribution in [0.2, 0.25) is 0 Å². The lowest BCUT2D eigenvalue weighted by Crippen LogP contribution is -2.28. The molecular formula is C15H19N3O2. The van der Waals surface area contributed by atoms with Gasteiger partial charge in [0.05, 0.1) is 15.8 Å². The molecule has 2 N–H and O–H groups in total. The number of non-ortho nitro benzene ring substituents is 1. The van der Waals surface area contributed by atoms with Gasteiger partial charge in [-0.15, -0.1) is 0 Å². The van der Waals surface area contributed by atoms with Gasteiger partial charge in [0.25, 0.3) is 5.69 Å². The number of aromatic nitrogens is 1. The summed E-state index contributed by atoms with van der Waals surface area (Å²) in [6.45, 7) is 6.16. The van der Waals surface area contributed by atoms with Crippen LogP contribution in [-0.2, 0) is 0 Å². The van der Waals surface area contributed by atoms with Gasteiger partial charge in [-0.2, -0.15) is 0 Å². The van der Waals surface area contributed by atoms with Gasteiger partial charge >= 0.3 is 0 Å². The van der Waals surface area contributed by atoms with Crippen LogP contribution in [0.3, 0.4) is 0 Å². The molecule has 0 amide bonds. The first-order valence-electron chi connectivity index (χ1n) is 6.71. The highest BCUT2D eigenvalue weighted by Gasteiger charge is 2.25. The Kier molecular flexibility index (Phi) is 3.99. The van der Waals surface area contributed by atoms with Crippen LogP contribution in [0.4, 0.5) is 5.69 Å². The zero-order chi connectivity index (χ0) is 14.9. The normalized spacial score (nSPS) is 14.4. The number of pyridine rings is 1. The fourth-order valence-corrected chi connectivity index (χ4v) is 2.86. The molecule has 0 saturated carbocycles. The second-order valence-corrected chi connectivity index (χ2v) is 5.46. The molecule has 0 fully saturated rings. The minimum absolute atomic E-state index is 0.0401. The van der Waals surface area contributed by atoms with E-state index in [2.05, 4.69) is 18.8 Å². The van der Waals surface area contributed by atoms with Gasteiger partial charge in [-0.3, -0.25) is 15.1 Å². The van der Waals surface area contributed by atoms with Crippen molar-refractivity contribution in [3.8, 4) is 0 Å². The average molecular weight is 273 g/mol. The van der Waals surface area contributed by atoms with E-state index < -0.39 is 0 Å². The molecule has 0 bridgehead atoms. The van der Waals surface area contributed by atoms with Crippen molar-refractivity contribution in [3.05, 3.63) is 46.1 Å². The Bertz CT molecular complexity index is 630. The summed E-state index contributed by atoms with van der Waals surface area (Å²) in [4.78, 5) is 15.1. The first-order chi connectivity index (χ1) is 9.43. The fraction of sp³-hybridized carbons (Fsp3) is 0.400. The van der Waals surface area contributed by atoms with Gasteiger partial charge in [0, 0.05) is 24.2 Å². The van der Waals surface area contributed by atoms with Gasteiger partial charge in [-0.25, -0.2) is 0 Å². The van der Waals surface area contributed by atoms with E-state index in [1.807, 2.05) is 6.92 Å². The summed E-state index contributed by atoms with van der Waals surface area (Å²) in [5.74, 6) is 0.454. The molecule has 2 rings (SSSR count). The maximum Gasteiger partial charge on any atom is 0.278 e. The average Bonchev–Trinajstić information content (AvgIpc) is 2.37. The van der Waals surface area contributed by atoms with E-state index in [9.17, 15) is 10.1 Å². The van der Waals surface area contributed by atoms with E-state index in [4.69, 9.17) is 5.73 Å². The summed E-state index contributed by atoms with van der Waals surface area (Å²) in [7, 11) is 0. The van der Waals surface area contributed by atoms with Crippen LogP contribution in [0, 0.1) is 16.0 Å². The van der Waals surface area contributed by atoms with Crippen molar-refractivity contribution in [1.82, 2.24) is 4.98 Å². The number of nitrogens with two attached hydrogens (primary N) is 1. The Labute approximate surface area is 118 Å². The highest BCUT2D eigenvalue weighted by atomic mass is 16.6. The molecule has 2 atom stereocenters. The second-order valence-electron chi connectivity index (χ2n) is 5.46. The van der Waals surface area contributed by atoms with E-state index in [-0.39, 0.29) is 22.6 Å². The predicted octanol–water partition coefficient (Wildman–Crippen LogP) is 3.23. The van der Waals surface area contributed by atoms with Crippen molar-refractivity contribution < 1.29 is 4.92 Å². The van der Waals surface area contributed by atoms with Crippen molar-refractivity contribution in [3.63, 3.8) is 0 Å². The minimum atomic E-state index is -0.371. The second kappa shape index (κ2) is 5.54. The van der Waals surface area contributed by atoms with Gasteiger partial charge in [-0.1, -0.05) is 13.8 Å². The third-order valence-corrected chi connectivity index (χ3v) is 3.62. The lowest BCUT2D eigenvalue weighted by Gasteiger charge is -2.26. The molecule has 0 spiro atoms. The van der Waals surface area contributed by atoms with Crippen molar-refractivity contribution in [2.24, 2.45) is 11.7 Å². The SMILES string of the molecule is CC(C)C(c1ccc([N+](=O)[O-])c2cccnc12)C(C)N. The Hall–Kier alpha value is -2.01. The summed E-state index contributed by atoms with van der Waals surface area (Å²) in [6.07, 6.45) is 1.66. The first kappa shape index (κ1) is 14.4. The fourth-order valence-electron chi connectivity index (χ4n) is 2.86. The maximum absolute atomic E-state index is 11.1. The lowest BCUT2D eigenvalue weighted by molar-refractivity contribution is -0.383. The quantitative estimate of drug-likeness (QED) is 0.684. The molecule has 106 valence electrons. The molecule has 20 heavy (non-hydrogen) atoms. The summed E-state index contributed by atoms with van der Waals surface area (Å²) in [5.41, 5.74) is 7.84. The molecule has 2 aromatic rings. The Morgan fingerprint density at radius 2 is 1.95 bits per heavy atom. The number of nitro groups is 1. The molecule has 1 heterocycles. The summed E-state index contributed by atoms with van der Waals surface area (Å²) >= 11 is 0. The Morgan fingerprint density at radius 1 is 1.25 bits per heavy atom. The summed E-state index contributed by atoms with van der Waals surface area (Å²) in [5, 5.41) is 11.7. The van der Waals surface area contributed by atoms with Crippen LogP contribution < -0.4 is 5.73 Å². The monoisotopic (exact) mass is 273 g/mol. The number of hydrogen-bond donors (Lipinski definition) is 1. The summed E-state index contributed by atoms with van der Waals surface area (Å²) < 4.78 is 0. The van der Waals surface area contributed by atoms with E-state index in [0.717, 1.165) is 5.56 Å². The first-order valence-corrected chi connectivity index (χ1v) is 6.71. The molecule has 2 unspecified atom stereocenters. The standard InChI is InChI=1S/C15H19N3O2/c1-9(2)14(10(3)16)12-6-7-13(18(19)20)11-5-4-8-17-15(11)12/h4-10,14H,16H2,1-3H3. The molecule has 5 nitrogen and oxygen atoms in total. The van der Waals surface area contributed by atoms with Gasteiger partial charge in [0.15, 0.2) is 0 Å². The topological polar surface area (TPSA) is 82.0 Å². The molecule has 0 aliphatic rings. The van der Waals surface area contributed by atoms with Gasteiger partial charge in [0.2, 0.25) is 0 Å². The van der Waals surface area contributed by atoms with Crippen LogP contribution in [0.1, 0.15) is 32.3 Å². The van der Waals surface area contributed by atoms with Crippen LogP contribution in [0.15, 0.2) is 30.5 Å².